The molecule has 0 aliphatic heterocycles. The molecule has 3 aliphatic rings. The summed E-state index contributed by atoms with van der Waals surface area (Å²) in [6.45, 7) is 6.81. The van der Waals surface area contributed by atoms with E-state index in [1.165, 1.54) is 12.8 Å². The molecule has 0 aromatic heterocycles. The van der Waals surface area contributed by atoms with Crippen molar-refractivity contribution in [2.75, 3.05) is 0 Å². The maximum Gasteiger partial charge on any atom is 0.139 e. The van der Waals surface area contributed by atoms with Crippen LogP contribution in [-0.2, 0) is 4.79 Å². The van der Waals surface area contributed by atoms with Crippen molar-refractivity contribution in [2.45, 2.75) is 84.7 Å². The van der Waals surface area contributed by atoms with Gasteiger partial charge in [0.1, 0.15) is 5.78 Å². The predicted octanol–water partition coefficient (Wildman–Crippen LogP) is 4.35. The molecule has 0 unspecified atom stereocenters. The van der Waals surface area contributed by atoms with Gasteiger partial charge >= 0.3 is 0 Å². The Bertz CT molecular complexity index is 418. The molecule has 3 fully saturated rings. The summed E-state index contributed by atoms with van der Waals surface area (Å²) >= 11 is 0. The molecule has 0 spiro atoms. The van der Waals surface area contributed by atoms with E-state index in [0.29, 0.717) is 23.5 Å². The molecule has 0 saturated heterocycles. The van der Waals surface area contributed by atoms with E-state index in [2.05, 4.69) is 20.8 Å². The molecule has 0 amide bonds. The van der Waals surface area contributed by atoms with Gasteiger partial charge in [-0.1, -0.05) is 33.6 Å². The summed E-state index contributed by atoms with van der Waals surface area (Å²) in [5, 5.41) is 10.7. The van der Waals surface area contributed by atoms with E-state index in [1.807, 2.05) is 0 Å². The fourth-order valence-corrected chi connectivity index (χ4v) is 6.12. The Kier molecular flexibility index (Phi) is 3.97. The average Bonchev–Trinajstić information content (AvgIpc) is 2.77. The number of Topliss-reactive ketones (excluding diaryl/α,β-unsaturated/α-hetero) is 1. The Balaban J connectivity index is 1.86. The lowest BCUT2D eigenvalue weighted by molar-refractivity contribution is -0.143. The lowest BCUT2D eigenvalue weighted by Gasteiger charge is -2.56. The molecule has 1 N–H and O–H groups in total. The Morgan fingerprint density at radius 1 is 1.14 bits per heavy atom. The summed E-state index contributed by atoms with van der Waals surface area (Å²) in [4.78, 5) is 12.4. The molecule has 21 heavy (non-hydrogen) atoms. The van der Waals surface area contributed by atoms with Crippen LogP contribution in [0.25, 0.3) is 0 Å². The highest BCUT2D eigenvalue weighted by Crippen LogP contribution is 2.62. The van der Waals surface area contributed by atoms with Gasteiger partial charge in [-0.3, -0.25) is 4.79 Å². The molecule has 0 aromatic rings. The molecular formula is C19H32O2. The van der Waals surface area contributed by atoms with E-state index in [1.54, 1.807) is 0 Å². The highest BCUT2D eigenvalue weighted by molar-refractivity contribution is 5.87. The smallest absolute Gasteiger partial charge is 0.139 e. The molecule has 0 heterocycles. The van der Waals surface area contributed by atoms with E-state index in [-0.39, 0.29) is 16.9 Å². The summed E-state index contributed by atoms with van der Waals surface area (Å²) in [5.74, 6) is 2.43. The summed E-state index contributed by atoms with van der Waals surface area (Å²) in [5.41, 5.74) is 0.0566. The third-order valence-corrected chi connectivity index (χ3v) is 7.60. The number of aliphatic hydroxyl groups excluding tert-OH is 1. The molecule has 3 rings (SSSR count). The van der Waals surface area contributed by atoms with E-state index >= 15 is 0 Å². The fourth-order valence-electron chi connectivity index (χ4n) is 6.12. The number of carbonyl (C=O) groups is 1. The summed E-state index contributed by atoms with van der Waals surface area (Å²) in [6.07, 6.45) is 9.66. The number of fused-ring (bicyclic) bond motifs is 3. The van der Waals surface area contributed by atoms with Gasteiger partial charge in [0.05, 0.1) is 6.10 Å². The number of rotatable bonds is 3. The summed E-state index contributed by atoms with van der Waals surface area (Å²) in [6, 6.07) is 0. The SMILES string of the molecule is CCCC[C@@]1(C)[C@@H](O)CC[C@@H]2[C@@H]1CC[C@]1(C)C(=O)CC[C@@H]21. The van der Waals surface area contributed by atoms with Crippen LogP contribution < -0.4 is 0 Å². The van der Waals surface area contributed by atoms with Crippen molar-refractivity contribution in [3.63, 3.8) is 0 Å². The molecule has 3 aliphatic carbocycles. The minimum absolute atomic E-state index is 0.0326. The predicted molar refractivity (Wildman–Crippen MR) is 84.9 cm³/mol. The molecule has 0 radical (unpaired) electrons. The zero-order chi connectivity index (χ0) is 15.3. The molecule has 3 saturated carbocycles. The van der Waals surface area contributed by atoms with Gasteiger partial charge in [0.2, 0.25) is 0 Å². The van der Waals surface area contributed by atoms with Gasteiger partial charge in [-0.15, -0.1) is 0 Å². The topological polar surface area (TPSA) is 37.3 Å². The van der Waals surface area contributed by atoms with Crippen LogP contribution in [0.2, 0.25) is 0 Å². The first-order valence-corrected chi connectivity index (χ1v) is 9.15. The van der Waals surface area contributed by atoms with Gasteiger partial charge in [0.25, 0.3) is 0 Å². The van der Waals surface area contributed by atoms with Gasteiger partial charge in [-0.05, 0) is 61.7 Å². The van der Waals surface area contributed by atoms with Crippen LogP contribution in [0.15, 0.2) is 0 Å². The van der Waals surface area contributed by atoms with E-state index < -0.39 is 0 Å². The number of aliphatic hydroxyl groups is 1. The maximum atomic E-state index is 12.4. The van der Waals surface area contributed by atoms with Crippen molar-refractivity contribution in [3.8, 4) is 0 Å². The second-order valence-corrected chi connectivity index (χ2v) is 8.50. The van der Waals surface area contributed by atoms with Crippen molar-refractivity contribution in [2.24, 2.45) is 28.6 Å². The molecule has 0 aromatic carbocycles. The first kappa shape index (κ1) is 15.5. The molecule has 2 heteroatoms. The zero-order valence-electron chi connectivity index (χ0n) is 14.0. The van der Waals surface area contributed by atoms with Crippen LogP contribution in [0.5, 0.6) is 0 Å². The van der Waals surface area contributed by atoms with Crippen molar-refractivity contribution >= 4 is 5.78 Å². The maximum absolute atomic E-state index is 12.4. The van der Waals surface area contributed by atoms with Gasteiger partial charge in [-0.2, -0.15) is 0 Å². The zero-order valence-corrected chi connectivity index (χ0v) is 14.0. The summed E-state index contributed by atoms with van der Waals surface area (Å²) < 4.78 is 0. The van der Waals surface area contributed by atoms with Crippen molar-refractivity contribution in [1.29, 1.82) is 0 Å². The van der Waals surface area contributed by atoms with E-state index in [0.717, 1.165) is 44.9 Å². The van der Waals surface area contributed by atoms with E-state index in [4.69, 9.17) is 0 Å². The van der Waals surface area contributed by atoms with Crippen molar-refractivity contribution in [3.05, 3.63) is 0 Å². The number of unbranched alkanes of at least 4 members (excludes halogenated alkanes) is 1. The Hall–Kier alpha value is -0.370. The lowest BCUT2D eigenvalue weighted by atomic mass is 9.49. The van der Waals surface area contributed by atoms with Crippen LogP contribution in [0.1, 0.15) is 78.6 Å². The number of hydrogen-bond acceptors (Lipinski definition) is 2. The quantitative estimate of drug-likeness (QED) is 0.839. The molecule has 2 nitrogen and oxygen atoms in total. The van der Waals surface area contributed by atoms with Crippen LogP contribution in [0.4, 0.5) is 0 Å². The van der Waals surface area contributed by atoms with Gasteiger partial charge in [0, 0.05) is 11.8 Å². The fraction of sp³-hybridized carbons (Fsp3) is 0.947. The molecule has 0 bridgehead atoms. The molecule has 6 atom stereocenters. The standard InChI is InChI=1S/C19H32O2/c1-4-5-11-18(2)15-10-12-19(3)14(7-9-17(19)21)13(15)6-8-16(18)20/h13-16,20H,4-12H2,1-3H3/t13-,14-,15-,16-,18+,19-/m0/s1. The first-order valence-electron chi connectivity index (χ1n) is 9.15. The number of carbonyl (C=O) groups excluding carboxylic acids is 1. The lowest BCUT2D eigenvalue weighted by Crippen LogP contribution is -2.53. The molecular weight excluding hydrogens is 260 g/mol. The third kappa shape index (κ3) is 2.20. The Morgan fingerprint density at radius 3 is 2.62 bits per heavy atom. The van der Waals surface area contributed by atoms with Gasteiger partial charge in [0.15, 0.2) is 0 Å². The number of hydrogen-bond donors (Lipinski definition) is 1. The van der Waals surface area contributed by atoms with Crippen molar-refractivity contribution < 1.29 is 9.90 Å². The van der Waals surface area contributed by atoms with E-state index in [9.17, 15) is 9.90 Å². The Morgan fingerprint density at radius 2 is 1.90 bits per heavy atom. The van der Waals surface area contributed by atoms with Crippen LogP contribution in [0, 0.1) is 28.6 Å². The van der Waals surface area contributed by atoms with Crippen LogP contribution >= 0.6 is 0 Å². The van der Waals surface area contributed by atoms with Gasteiger partial charge in [-0.25, -0.2) is 0 Å². The minimum atomic E-state index is -0.133. The largest absolute Gasteiger partial charge is 0.393 e. The third-order valence-electron chi connectivity index (χ3n) is 7.60. The second kappa shape index (κ2) is 5.37. The van der Waals surface area contributed by atoms with Crippen LogP contribution in [-0.4, -0.2) is 17.0 Å². The average molecular weight is 292 g/mol. The second-order valence-electron chi connectivity index (χ2n) is 8.50. The number of ketones is 1. The van der Waals surface area contributed by atoms with Crippen LogP contribution in [0.3, 0.4) is 0 Å². The van der Waals surface area contributed by atoms with Gasteiger partial charge < -0.3 is 5.11 Å². The molecule has 120 valence electrons. The first-order chi connectivity index (χ1) is 9.93. The highest BCUT2D eigenvalue weighted by atomic mass is 16.3. The van der Waals surface area contributed by atoms with Crippen molar-refractivity contribution in [1.82, 2.24) is 0 Å². The highest BCUT2D eigenvalue weighted by Gasteiger charge is 2.59. The monoisotopic (exact) mass is 292 g/mol. The Labute approximate surface area is 129 Å². The summed E-state index contributed by atoms with van der Waals surface area (Å²) in [7, 11) is 0. The minimum Gasteiger partial charge on any atom is -0.393 e. The normalized spacial score (nSPS) is 49.8.